The molecule has 23 heavy (non-hydrogen) atoms. The number of benzene rings is 3. The van der Waals surface area contributed by atoms with Gasteiger partial charge >= 0.3 is 11.9 Å². The van der Waals surface area contributed by atoms with E-state index in [1.165, 1.54) is 0 Å². The summed E-state index contributed by atoms with van der Waals surface area (Å²) >= 11 is 0. The maximum absolute atomic E-state index is 12.7. The Labute approximate surface area is 132 Å². The van der Waals surface area contributed by atoms with Crippen molar-refractivity contribution >= 4 is 33.5 Å². The first-order valence-electron chi connectivity index (χ1n) is 7.52. The average molecular weight is 306 g/mol. The molecule has 0 radical (unpaired) electrons. The zero-order valence-corrected chi connectivity index (χ0v) is 12.3. The summed E-state index contributed by atoms with van der Waals surface area (Å²) in [4.78, 5) is 24.3. The number of hydrogen-bond acceptors (Lipinski definition) is 4. The Morgan fingerprint density at radius 1 is 1.00 bits per heavy atom. The summed E-state index contributed by atoms with van der Waals surface area (Å²) in [5, 5.41) is 3.57. The van der Waals surface area contributed by atoms with Crippen LogP contribution in [0.4, 0.5) is 0 Å². The van der Waals surface area contributed by atoms with Crippen molar-refractivity contribution in [2.75, 3.05) is 6.61 Å². The van der Waals surface area contributed by atoms with Crippen molar-refractivity contribution in [2.24, 2.45) is 0 Å². The number of carbonyl (C=O) groups is 2. The lowest BCUT2D eigenvalue weighted by atomic mass is 9.97. The quantitative estimate of drug-likeness (QED) is 0.537. The van der Waals surface area contributed by atoms with E-state index in [2.05, 4.69) is 0 Å². The maximum atomic E-state index is 12.7. The molecular formula is C19H14O4. The summed E-state index contributed by atoms with van der Waals surface area (Å²) in [7, 11) is 0. The molecule has 0 amide bonds. The van der Waals surface area contributed by atoms with Crippen LogP contribution in [0.3, 0.4) is 0 Å². The molecule has 0 spiro atoms. The second-order valence-corrected chi connectivity index (χ2v) is 5.54. The lowest BCUT2D eigenvalue weighted by Gasteiger charge is -2.13. The smallest absolute Gasteiger partial charge is 0.347 e. The topological polar surface area (TPSA) is 52.6 Å². The van der Waals surface area contributed by atoms with Crippen LogP contribution in [0.1, 0.15) is 16.8 Å². The van der Waals surface area contributed by atoms with Gasteiger partial charge in [0.05, 0.1) is 12.2 Å². The van der Waals surface area contributed by atoms with Gasteiger partial charge in [-0.05, 0) is 27.6 Å². The van der Waals surface area contributed by atoms with E-state index in [1.807, 2.05) is 54.6 Å². The van der Waals surface area contributed by atoms with Crippen molar-refractivity contribution in [1.82, 2.24) is 0 Å². The van der Waals surface area contributed by atoms with Gasteiger partial charge in [-0.3, -0.25) is 0 Å². The zero-order chi connectivity index (χ0) is 15.8. The van der Waals surface area contributed by atoms with Gasteiger partial charge in [0.15, 0.2) is 0 Å². The standard InChI is InChI=1S/C19H14O4/c20-18-16(9-10-22-18)23-19(21)17-14-7-3-1-5-12(14)11-13-6-2-4-8-15(13)17/h1-8,11,16H,9-10H2. The normalized spacial score (nSPS) is 17.4. The fourth-order valence-corrected chi connectivity index (χ4v) is 3.01. The van der Waals surface area contributed by atoms with E-state index < -0.39 is 18.0 Å². The first-order chi connectivity index (χ1) is 11.2. The number of hydrogen-bond donors (Lipinski definition) is 0. The van der Waals surface area contributed by atoms with Gasteiger partial charge in [-0.25, -0.2) is 9.59 Å². The van der Waals surface area contributed by atoms with Crippen molar-refractivity contribution in [3.05, 3.63) is 60.2 Å². The highest BCUT2D eigenvalue weighted by Crippen LogP contribution is 2.29. The molecular weight excluding hydrogens is 292 g/mol. The molecule has 0 aromatic heterocycles. The van der Waals surface area contributed by atoms with Gasteiger partial charge in [-0.2, -0.15) is 0 Å². The molecule has 1 aliphatic rings. The van der Waals surface area contributed by atoms with Crippen LogP contribution in [0.5, 0.6) is 0 Å². The SMILES string of the molecule is O=C(OC1CCOC1=O)c1c2ccccc2cc2ccccc12. The van der Waals surface area contributed by atoms with Crippen LogP contribution in [0.25, 0.3) is 21.5 Å². The first-order valence-corrected chi connectivity index (χ1v) is 7.52. The molecule has 0 aliphatic carbocycles. The second kappa shape index (κ2) is 5.39. The molecule has 1 unspecified atom stereocenters. The average Bonchev–Trinajstić information content (AvgIpc) is 2.97. The Hall–Kier alpha value is -2.88. The Balaban J connectivity index is 1.88. The van der Waals surface area contributed by atoms with Crippen LogP contribution in [-0.2, 0) is 14.3 Å². The third-order valence-electron chi connectivity index (χ3n) is 4.11. The molecule has 0 saturated carbocycles. The van der Waals surface area contributed by atoms with Crippen molar-refractivity contribution in [1.29, 1.82) is 0 Å². The van der Waals surface area contributed by atoms with Crippen LogP contribution in [0, 0.1) is 0 Å². The number of ether oxygens (including phenoxy) is 2. The third-order valence-corrected chi connectivity index (χ3v) is 4.11. The number of esters is 2. The zero-order valence-electron chi connectivity index (χ0n) is 12.3. The van der Waals surface area contributed by atoms with E-state index in [4.69, 9.17) is 9.47 Å². The summed E-state index contributed by atoms with van der Waals surface area (Å²) in [5.41, 5.74) is 0.499. The molecule has 1 atom stereocenters. The number of cyclic esters (lactones) is 1. The summed E-state index contributed by atoms with van der Waals surface area (Å²) in [6.45, 7) is 0.299. The van der Waals surface area contributed by atoms with Crippen molar-refractivity contribution in [2.45, 2.75) is 12.5 Å². The summed E-state index contributed by atoms with van der Waals surface area (Å²) in [6.07, 6.45) is -0.395. The number of fused-ring (bicyclic) bond motifs is 2. The van der Waals surface area contributed by atoms with E-state index in [0.29, 0.717) is 18.6 Å². The molecule has 0 N–H and O–H groups in total. The molecule has 1 saturated heterocycles. The first kappa shape index (κ1) is 13.8. The van der Waals surface area contributed by atoms with Crippen LogP contribution in [-0.4, -0.2) is 24.6 Å². The largest absolute Gasteiger partial charge is 0.463 e. The molecule has 1 fully saturated rings. The minimum atomic E-state index is -0.805. The minimum Gasteiger partial charge on any atom is -0.463 e. The van der Waals surface area contributed by atoms with E-state index in [0.717, 1.165) is 21.5 Å². The van der Waals surface area contributed by atoms with Crippen LogP contribution in [0.15, 0.2) is 54.6 Å². The van der Waals surface area contributed by atoms with Gasteiger partial charge in [0.1, 0.15) is 0 Å². The van der Waals surface area contributed by atoms with Gasteiger partial charge in [0.25, 0.3) is 0 Å². The number of rotatable bonds is 2. The second-order valence-electron chi connectivity index (χ2n) is 5.54. The van der Waals surface area contributed by atoms with Gasteiger partial charge in [0, 0.05) is 6.42 Å². The lowest BCUT2D eigenvalue weighted by molar-refractivity contribution is -0.145. The maximum Gasteiger partial charge on any atom is 0.347 e. The fraction of sp³-hybridized carbons (Fsp3) is 0.158. The molecule has 4 heteroatoms. The fourth-order valence-electron chi connectivity index (χ4n) is 3.01. The molecule has 114 valence electrons. The molecule has 3 aromatic carbocycles. The van der Waals surface area contributed by atoms with Crippen LogP contribution < -0.4 is 0 Å². The monoisotopic (exact) mass is 306 g/mol. The minimum absolute atomic E-state index is 0.299. The van der Waals surface area contributed by atoms with Crippen molar-refractivity contribution in [3.63, 3.8) is 0 Å². The predicted octanol–water partition coefficient (Wildman–Crippen LogP) is 3.47. The molecule has 3 aromatic rings. The van der Waals surface area contributed by atoms with Crippen LogP contribution in [0.2, 0.25) is 0 Å². The molecule has 0 bridgehead atoms. The predicted molar refractivity (Wildman–Crippen MR) is 86.2 cm³/mol. The molecule has 4 nitrogen and oxygen atoms in total. The Bertz CT molecular complexity index is 875. The Kier molecular flexibility index (Phi) is 3.23. The summed E-state index contributed by atoms with van der Waals surface area (Å²) in [5.74, 6) is -0.954. The van der Waals surface area contributed by atoms with E-state index in [1.54, 1.807) is 0 Å². The molecule has 1 aliphatic heterocycles. The Morgan fingerprint density at radius 2 is 1.61 bits per heavy atom. The third kappa shape index (κ3) is 2.32. The van der Waals surface area contributed by atoms with Gasteiger partial charge in [0.2, 0.25) is 6.10 Å². The highest BCUT2D eigenvalue weighted by atomic mass is 16.6. The highest BCUT2D eigenvalue weighted by molar-refractivity contribution is 6.16. The van der Waals surface area contributed by atoms with Crippen molar-refractivity contribution in [3.8, 4) is 0 Å². The van der Waals surface area contributed by atoms with E-state index in [-0.39, 0.29) is 0 Å². The van der Waals surface area contributed by atoms with Gasteiger partial charge in [-0.15, -0.1) is 0 Å². The Morgan fingerprint density at radius 3 is 2.17 bits per heavy atom. The molecule has 4 rings (SSSR count). The van der Waals surface area contributed by atoms with Crippen LogP contribution >= 0.6 is 0 Å². The van der Waals surface area contributed by atoms with Crippen molar-refractivity contribution < 1.29 is 19.1 Å². The van der Waals surface area contributed by atoms with E-state index >= 15 is 0 Å². The highest BCUT2D eigenvalue weighted by Gasteiger charge is 2.31. The van der Waals surface area contributed by atoms with Gasteiger partial charge in [-0.1, -0.05) is 48.5 Å². The summed E-state index contributed by atoms with van der Waals surface area (Å²) < 4.78 is 10.3. The summed E-state index contributed by atoms with van der Waals surface area (Å²) in [6, 6.07) is 17.4. The lowest BCUT2D eigenvalue weighted by Crippen LogP contribution is -2.23. The number of carbonyl (C=O) groups excluding carboxylic acids is 2. The van der Waals surface area contributed by atoms with E-state index in [9.17, 15) is 9.59 Å². The van der Waals surface area contributed by atoms with Gasteiger partial charge < -0.3 is 9.47 Å². The molecule has 1 heterocycles.